The first-order valence-electron chi connectivity index (χ1n) is 10.1. The van der Waals surface area contributed by atoms with Crippen molar-refractivity contribution in [3.05, 3.63) is 52.9 Å². The predicted molar refractivity (Wildman–Crippen MR) is 113 cm³/mol. The summed E-state index contributed by atoms with van der Waals surface area (Å²) < 4.78 is 13.8. The van der Waals surface area contributed by atoms with E-state index >= 15 is 0 Å². The number of halogens is 1. The van der Waals surface area contributed by atoms with Crippen LogP contribution in [-0.2, 0) is 4.79 Å². The minimum absolute atomic E-state index is 0.0347. The Kier molecular flexibility index (Phi) is 7.07. The fraction of sp³-hybridized carbons (Fsp3) is 0.542. The van der Waals surface area contributed by atoms with E-state index in [1.165, 1.54) is 6.07 Å². The number of aliphatic carboxylic acids is 1. The molecular formula is C24H33FO4. The first-order chi connectivity index (χ1) is 13.3. The van der Waals surface area contributed by atoms with Crippen molar-refractivity contribution >= 4 is 11.5 Å². The third kappa shape index (κ3) is 6.25. The highest BCUT2D eigenvalue weighted by Crippen LogP contribution is 2.52. The molecule has 2 rings (SSSR count). The van der Waals surface area contributed by atoms with Gasteiger partial charge < -0.3 is 15.3 Å². The number of aliphatic hydroxyl groups is 2. The van der Waals surface area contributed by atoms with Crippen molar-refractivity contribution in [2.24, 2.45) is 10.8 Å². The third-order valence-electron chi connectivity index (χ3n) is 5.55. The van der Waals surface area contributed by atoms with Crippen molar-refractivity contribution in [2.75, 3.05) is 0 Å². The van der Waals surface area contributed by atoms with Gasteiger partial charge in [0, 0.05) is 6.42 Å². The molecule has 0 bridgehead atoms. The second-order valence-corrected chi connectivity index (χ2v) is 9.67. The van der Waals surface area contributed by atoms with Gasteiger partial charge in [-0.25, -0.2) is 4.39 Å². The zero-order valence-electron chi connectivity index (χ0n) is 18.0. The SMILES string of the molecule is Cc1cc(C2=C(/C=C/[C@@H](O)C[C@@H](O)CC(=O)O)C(C)(C)CC(C)(C)C2)ccc1F. The molecule has 0 heterocycles. The second-order valence-electron chi connectivity index (χ2n) is 9.67. The molecule has 0 unspecified atom stereocenters. The highest BCUT2D eigenvalue weighted by atomic mass is 19.1. The lowest BCUT2D eigenvalue weighted by Crippen LogP contribution is -2.30. The third-order valence-corrected chi connectivity index (χ3v) is 5.55. The molecule has 0 radical (unpaired) electrons. The van der Waals surface area contributed by atoms with E-state index in [4.69, 9.17) is 5.11 Å². The molecule has 1 aromatic carbocycles. The Morgan fingerprint density at radius 1 is 1.24 bits per heavy atom. The molecule has 1 aliphatic carbocycles. The zero-order chi connectivity index (χ0) is 22.0. The molecule has 0 aliphatic heterocycles. The molecule has 160 valence electrons. The highest BCUT2D eigenvalue weighted by molar-refractivity contribution is 5.74. The maximum absolute atomic E-state index is 13.8. The number of aliphatic hydroxyl groups excluding tert-OH is 2. The maximum atomic E-state index is 13.8. The monoisotopic (exact) mass is 404 g/mol. The number of hydrogen-bond acceptors (Lipinski definition) is 3. The first-order valence-corrected chi connectivity index (χ1v) is 10.1. The van der Waals surface area contributed by atoms with Crippen LogP contribution in [0, 0.1) is 23.6 Å². The Labute approximate surface area is 172 Å². The van der Waals surface area contributed by atoms with Crippen LogP contribution >= 0.6 is 0 Å². The van der Waals surface area contributed by atoms with Crippen LogP contribution in [0.3, 0.4) is 0 Å². The van der Waals surface area contributed by atoms with Crippen LogP contribution in [0.15, 0.2) is 35.9 Å². The van der Waals surface area contributed by atoms with Gasteiger partial charge in [0.2, 0.25) is 0 Å². The summed E-state index contributed by atoms with van der Waals surface area (Å²) in [5.74, 6) is -1.33. The van der Waals surface area contributed by atoms with Crippen LogP contribution in [0.4, 0.5) is 4.39 Å². The highest BCUT2D eigenvalue weighted by Gasteiger charge is 2.38. The Morgan fingerprint density at radius 2 is 1.90 bits per heavy atom. The summed E-state index contributed by atoms with van der Waals surface area (Å²) in [6.07, 6.45) is 2.83. The van der Waals surface area contributed by atoms with E-state index in [1.54, 1.807) is 19.1 Å². The number of carboxylic acids is 1. The minimum Gasteiger partial charge on any atom is -0.481 e. The summed E-state index contributed by atoms with van der Waals surface area (Å²) in [4.78, 5) is 10.7. The molecule has 29 heavy (non-hydrogen) atoms. The van der Waals surface area contributed by atoms with E-state index in [0.717, 1.165) is 29.6 Å². The van der Waals surface area contributed by atoms with Gasteiger partial charge in [-0.05, 0) is 65.0 Å². The largest absolute Gasteiger partial charge is 0.481 e. The number of hydrogen-bond donors (Lipinski definition) is 3. The van der Waals surface area contributed by atoms with E-state index in [1.807, 2.05) is 12.1 Å². The molecule has 0 aromatic heterocycles. The molecule has 4 nitrogen and oxygen atoms in total. The summed E-state index contributed by atoms with van der Waals surface area (Å²) in [5.41, 5.74) is 3.70. The molecule has 0 saturated heterocycles. The van der Waals surface area contributed by atoms with Gasteiger partial charge >= 0.3 is 5.97 Å². The minimum atomic E-state index is -1.10. The van der Waals surface area contributed by atoms with Crippen molar-refractivity contribution in [1.29, 1.82) is 0 Å². The van der Waals surface area contributed by atoms with Crippen molar-refractivity contribution < 1.29 is 24.5 Å². The van der Waals surface area contributed by atoms with E-state index in [0.29, 0.717) is 5.56 Å². The van der Waals surface area contributed by atoms with Gasteiger partial charge in [0.25, 0.3) is 0 Å². The number of carbonyl (C=O) groups is 1. The molecule has 0 fully saturated rings. The standard InChI is InChI=1S/C24H33FO4/c1-15-10-16(6-9-21(15)25)19-13-23(2,3)14-24(4,5)20(19)8-7-17(26)11-18(27)12-22(28)29/h6-10,17-18,26-27H,11-14H2,1-5H3,(H,28,29)/b8-7+/t17-,18-/m1/s1. The van der Waals surface area contributed by atoms with Gasteiger partial charge in [-0.1, -0.05) is 45.9 Å². The number of benzene rings is 1. The van der Waals surface area contributed by atoms with Crippen molar-refractivity contribution in [3.63, 3.8) is 0 Å². The number of allylic oxidation sites excluding steroid dienone is 3. The Bertz CT molecular complexity index is 820. The zero-order valence-corrected chi connectivity index (χ0v) is 18.0. The van der Waals surface area contributed by atoms with Crippen molar-refractivity contribution in [3.8, 4) is 0 Å². The summed E-state index contributed by atoms with van der Waals surface area (Å²) in [6.45, 7) is 10.5. The van der Waals surface area contributed by atoms with Gasteiger partial charge in [-0.15, -0.1) is 0 Å². The topological polar surface area (TPSA) is 77.8 Å². The van der Waals surface area contributed by atoms with Gasteiger partial charge in [0.1, 0.15) is 5.82 Å². The summed E-state index contributed by atoms with van der Waals surface area (Å²) in [5, 5.41) is 28.8. The van der Waals surface area contributed by atoms with Crippen LogP contribution in [0.25, 0.3) is 5.57 Å². The molecular weight excluding hydrogens is 371 g/mol. The van der Waals surface area contributed by atoms with Gasteiger partial charge in [-0.2, -0.15) is 0 Å². The first kappa shape index (κ1) is 23.3. The van der Waals surface area contributed by atoms with Crippen molar-refractivity contribution in [2.45, 2.75) is 72.5 Å². The normalized spacial score (nSPS) is 20.7. The van der Waals surface area contributed by atoms with E-state index in [2.05, 4.69) is 27.7 Å². The number of aryl methyl sites for hydroxylation is 1. The Hall–Kier alpha value is -1.98. The smallest absolute Gasteiger partial charge is 0.305 e. The molecule has 1 aliphatic rings. The van der Waals surface area contributed by atoms with Gasteiger partial charge in [0.15, 0.2) is 0 Å². The lowest BCUT2D eigenvalue weighted by molar-refractivity contribution is -0.139. The predicted octanol–water partition coefficient (Wildman–Crippen LogP) is 4.88. The molecule has 2 atom stereocenters. The molecule has 5 heteroatoms. The molecule has 0 spiro atoms. The fourth-order valence-electron chi connectivity index (χ4n) is 4.60. The number of carboxylic acid groups (broad SMARTS) is 1. The van der Waals surface area contributed by atoms with Crippen LogP contribution in [0.1, 0.15) is 64.5 Å². The second kappa shape index (κ2) is 8.80. The van der Waals surface area contributed by atoms with Crippen LogP contribution in [-0.4, -0.2) is 33.5 Å². The van der Waals surface area contributed by atoms with Crippen LogP contribution < -0.4 is 0 Å². The van der Waals surface area contributed by atoms with Crippen LogP contribution in [0.2, 0.25) is 0 Å². The summed E-state index contributed by atoms with van der Waals surface area (Å²) in [6, 6.07) is 5.16. The lowest BCUT2D eigenvalue weighted by atomic mass is 9.61. The van der Waals surface area contributed by atoms with Gasteiger partial charge in [0.05, 0.1) is 18.6 Å². The number of rotatable bonds is 7. The Balaban J connectivity index is 2.41. The Morgan fingerprint density at radius 3 is 2.48 bits per heavy atom. The lowest BCUT2D eigenvalue weighted by Gasteiger charge is -2.43. The van der Waals surface area contributed by atoms with E-state index in [9.17, 15) is 19.4 Å². The van der Waals surface area contributed by atoms with Gasteiger partial charge in [-0.3, -0.25) is 4.79 Å². The molecule has 1 aromatic rings. The molecule has 0 amide bonds. The van der Waals surface area contributed by atoms with Crippen LogP contribution in [0.5, 0.6) is 0 Å². The average Bonchev–Trinajstić information content (AvgIpc) is 2.53. The summed E-state index contributed by atoms with van der Waals surface area (Å²) in [7, 11) is 0. The van der Waals surface area contributed by atoms with E-state index in [-0.39, 0.29) is 23.1 Å². The van der Waals surface area contributed by atoms with E-state index < -0.39 is 24.6 Å². The summed E-state index contributed by atoms with van der Waals surface area (Å²) >= 11 is 0. The fourth-order valence-corrected chi connectivity index (χ4v) is 4.60. The molecule has 0 saturated carbocycles. The van der Waals surface area contributed by atoms with Crippen molar-refractivity contribution in [1.82, 2.24) is 0 Å². The quantitative estimate of drug-likeness (QED) is 0.605. The maximum Gasteiger partial charge on any atom is 0.305 e. The molecule has 3 N–H and O–H groups in total. The average molecular weight is 405 g/mol.